The van der Waals surface area contributed by atoms with E-state index in [1.807, 2.05) is 127 Å². The van der Waals surface area contributed by atoms with E-state index in [-0.39, 0.29) is 0 Å². The number of para-hydroxylation sites is 6. The summed E-state index contributed by atoms with van der Waals surface area (Å²) in [6.45, 7) is 0. The highest BCUT2D eigenvalue weighted by molar-refractivity contribution is 5.86. The maximum absolute atomic E-state index is 5.14. The smallest absolute Gasteiger partial charge is 0.164 e. The van der Waals surface area contributed by atoms with Crippen molar-refractivity contribution >= 4 is 33.1 Å². The summed E-state index contributed by atoms with van der Waals surface area (Å²) in [6.07, 6.45) is 10.8. The Morgan fingerprint density at radius 3 is 0.754 bits per heavy atom. The summed E-state index contributed by atoms with van der Waals surface area (Å²) in [6, 6.07) is 61.2. The lowest BCUT2D eigenvalue weighted by Gasteiger charge is -2.12. The molecule has 0 fully saturated rings. The Morgan fingerprint density at radius 2 is 0.478 bits per heavy atom. The summed E-state index contributed by atoms with van der Waals surface area (Å²) in [5, 5.41) is 0. The molecule has 324 valence electrons. The molecule has 0 N–H and O–H groups in total. The molecule has 0 bridgehead atoms. The fraction of sp³-hybridized carbons (Fsp3) is 0. The van der Waals surface area contributed by atoms with Crippen molar-refractivity contribution < 1.29 is 0 Å². The van der Waals surface area contributed by atoms with Gasteiger partial charge in [0.05, 0.1) is 50.2 Å². The van der Waals surface area contributed by atoms with Crippen molar-refractivity contribution in [1.82, 2.24) is 58.6 Å². The molecule has 7 heterocycles. The first kappa shape index (κ1) is 39.5. The molecule has 0 spiro atoms. The van der Waals surface area contributed by atoms with Crippen LogP contribution in [-0.2, 0) is 0 Å². The minimum absolute atomic E-state index is 0.538. The van der Waals surface area contributed by atoms with E-state index in [0.717, 1.165) is 101 Å². The molecule has 12 heteroatoms. The standard InChI is InChI=1S/C57H36N12/c1-4-10-49-46(7-1)61-55(67(49)43-25-31-58-32-26-43)40-19-13-37(14-20-40)52-64-53(38-15-21-41(22-16-38)56-62-47-8-2-5-11-50(47)68(56)44-27-33-59-34-28-44)66-54(65-52)39-17-23-42(24-18-39)57-63-48-9-3-6-12-51(48)69(57)45-29-35-60-36-30-45/h1-36H. The van der Waals surface area contributed by atoms with Crippen LogP contribution in [0.4, 0.5) is 0 Å². The normalized spacial score (nSPS) is 11.5. The van der Waals surface area contributed by atoms with Crippen molar-refractivity contribution in [1.29, 1.82) is 0 Å². The molecule has 13 rings (SSSR count). The minimum atomic E-state index is 0.538. The summed E-state index contributed by atoms with van der Waals surface area (Å²) in [4.78, 5) is 43.4. The molecule has 13 aromatic rings. The number of benzene rings is 6. The molecule has 6 aromatic carbocycles. The zero-order valence-corrected chi connectivity index (χ0v) is 36.7. The van der Waals surface area contributed by atoms with E-state index in [0.29, 0.717) is 17.5 Å². The van der Waals surface area contributed by atoms with E-state index in [1.54, 1.807) is 37.2 Å². The molecule has 0 atom stereocenters. The summed E-state index contributed by atoms with van der Waals surface area (Å²) in [5.74, 6) is 4.08. The molecule has 69 heavy (non-hydrogen) atoms. The van der Waals surface area contributed by atoms with Gasteiger partial charge in [0.25, 0.3) is 0 Å². The van der Waals surface area contributed by atoms with E-state index in [2.05, 4.69) is 83.3 Å². The Kier molecular flexibility index (Phi) is 9.49. The number of hydrogen-bond acceptors (Lipinski definition) is 9. The highest BCUT2D eigenvalue weighted by Gasteiger charge is 2.20. The number of rotatable bonds is 9. The van der Waals surface area contributed by atoms with Gasteiger partial charge in [-0.05, 0) is 72.8 Å². The molecule has 12 nitrogen and oxygen atoms in total. The second kappa shape index (κ2) is 16.6. The van der Waals surface area contributed by atoms with Gasteiger partial charge in [-0.1, -0.05) is 109 Å². The predicted octanol–water partition coefficient (Wildman–Crippen LogP) is 12.1. The first-order valence-corrected chi connectivity index (χ1v) is 22.4. The van der Waals surface area contributed by atoms with Crippen LogP contribution in [0.3, 0.4) is 0 Å². The Balaban J connectivity index is 0.914. The van der Waals surface area contributed by atoms with Crippen LogP contribution >= 0.6 is 0 Å². The predicted molar refractivity (Wildman–Crippen MR) is 270 cm³/mol. The number of fused-ring (bicyclic) bond motifs is 3. The average Bonchev–Trinajstić information content (AvgIpc) is 4.14. The van der Waals surface area contributed by atoms with Gasteiger partial charge in [-0.2, -0.15) is 0 Å². The zero-order valence-electron chi connectivity index (χ0n) is 36.7. The van der Waals surface area contributed by atoms with Crippen LogP contribution in [0.2, 0.25) is 0 Å². The van der Waals surface area contributed by atoms with Gasteiger partial charge in [0.15, 0.2) is 17.5 Å². The highest BCUT2D eigenvalue weighted by Crippen LogP contribution is 2.35. The van der Waals surface area contributed by atoms with Crippen molar-refractivity contribution in [3.05, 3.63) is 219 Å². The van der Waals surface area contributed by atoms with Crippen molar-refractivity contribution in [2.24, 2.45) is 0 Å². The Hall–Kier alpha value is -9.81. The molecule has 0 saturated heterocycles. The summed E-state index contributed by atoms with van der Waals surface area (Å²) >= 11 is 0. The molecule has 0 saturated carbocycles. The highest BCUT2D eigenvalue weighted by atomic mass is 15.1. The van der Waals surface area contributed by atoms with Crippen molar-refractivity contribution in [2.45, 2.75) is 0 Å². The molecule has 0 aliphatic carbocycles. The van der Waals surface area contributed by atoms with Gasteiger partial charge in [-0.3, -0.25) is 28.7 Å². The molecule has 7 aromatic heterocycles. The Morgan fingerprint density at radius 1 is 0.232 bits per heavy atom. The van der Waals surface area contributed by atoms with Gasteiger partial charge in [0, 0.05) is 70.6 Å². The first-order chi connectivity index (χ1) is 34.2. The Bertz CT molecular complexity index is 3550. The second-order valence-electron chi connectivity index (χ2n) is 16.4. The number of imidazole rings is 3. The SMILES string of the molecule is c1ccc2c(c1)nc(-c1ccc(-c3nc(-c4ccc(-c5nc6ccccc6n5-c5ccncc5)cc4)nc(-c4ccc(-c5nc6ccccc6n5-c5ccncc5)cc4)n3)cc1)n2-c1ccncc1. The number of pyridine rings is 3. The van der Waals surface area contributed by atoms with E-state index >= 15 is 0 Å². The van der Waals surface area contributed by atoms with Gasteiger partial charge in [0.2, 0.25) is 0 Å². The topological polar surface area (TPSA) is 131 Å². The van der Waals surface area contributed by atoms with E-state index in [1.165, 1.54) is 0 Å². The maximum atomic E-state index is 5.14. The zero-order chi connectivity index (χ0) is 45.7. The van der Waals surface area contributed by atoms with Gasteiger partial charge in [-0.25, -0.2) is 29.9 Å². The van der Waals surface area contributed by atoms with Crippen LogP contribution < -0.4 is 0 Å². The van der Waals surface area contributed by atoms with Gasteiger partial charge in [0.1, 0.15) is 17.5 Å². The third kappa shape index (κ3) is 7.07. The van der Waals surface area contributed by atoms with Crippen molar-refractivity contribution in [3.63, 3.8) is 0 Å². The molecule has 0 radical (unpaired) electrons. The van der Waals surface area contributed by atoms with Crippen molar-refractivity contribution in [2.75, 3.05) is 0 Å². The van der Waals surface area contributed by atoms with Gasteiger partial charge >= 0.3 is 0 Å². The van der Waals surface area contributed by atoms with Gasteiger partial charge in [-0.15, -0.1) is 0 Å². The molecular formula is C57H36N12. The lowest BCUT2D eigenvalue weighted by atomic mass is 10.1. The van der Waals surface area contributed by atoms with Crippen LogP contribution in [0, 0.1) is 0 Å². The van der Waals surface area contributed by atoms with Crippen LogP contribution in [0.1, 0.15) is 0 Å². The summed E-state index contributed by atoms with van der Waals surface area (Å²) in [5.41, 5.74) is 14.0. The van der Waals surface area contributed by atoms with E-state index in [4.69, 9.17) is 29.9 Å². The molecule has 0 unspecified atom stereocenters. The fourth-order valence-corrected chi connectivity index (χ4v) is 8.99. The number of nitrogens with zero attached hydrogens (tertiary/aromatic N) is 12. The van der Waals surface area contributed by atoms with Crippen molar-refractivity contribution in [3.8, 4) is 85.4 Å². The molecule has 0 aliphatic heterocycles. The molecule has 0 amide bonds. The Labute approximate surface area is 394 Å². The second-order valence-corrected chi connectivity index (χ2v) is 16.4. The molecular weight excluding hydrogens is 853 g/mol. The van der Waals surface area contributed by atoms with E-state index < -0.39 is 0 Å². The lowest BCUT2D eigenvalue weighted by Crippen LogP contribution is -2.01. The minimum Gasteiger partial charge on any atom is -0.292 e. The quantitative estimate of drug-likeness (QED) is 0.139. The average molecular weight is 889 g/mol. The van der Waals surface area contributed by atoms with E-state index in [9.17, 15) is 0 Å². The fourth-order valence-electron chi connectivity index (χ4n) is 8.99. The first-order valence-electron chi connectivity index (χ1n) is 22.4. The lowest BCUT2D eigenvalue weighted by molar-refractivity contribution is 1.07. The summed E-state index contributed by atoms with van der Waals surface area (Å²) in [7, 11) is 0. The number of hydrogen-bond donors (Lipinski definition) is 0. The van der Waals surface area contributed by atoms with Gasteiger partial charge < -0.3 is 0 Å². The number of aromatic nitrogens is 12. The monoisotopic (exact) mass is 888 g/mol. The van der Waals surface area contributed by atoms with Crippen LogP contribution in [-0.4, -0.2) is 58.6 Å². The third-order valence-electron chi connectivity index (χ3n) is 12.3. The van der Waals surface area contributed by atoms with Crippen LogP contribution in [0.5, 0.6) is 0 Å². The summed E-state index contributed by atoms with van der Waals surface area (Å²) < 4.78 is 6.49. The maximum Gasteiger partial charge on any atom is 0.164 e. The van der Waals surface area contributed by atoms with Crippen LogP contribution in [0.15, 0.2) is 219 Å². The third-order valence-corrected chi connectivity index (χ3v) is 12.3. The van der Waals surface area contributed by atoms with Crippen LogP contribution in [0.25, 0.3) is 118 Å². The molecule has 0 aliphatic rings. The largest absolute Gasteiger partial charge is 0.292 e.